The third-order valence-electron chi connectivity index (χ3n) is 1.94. The Bertz CT molecular complexity index is 177. The van der Waals surface area contributed by atoms with Gasteiger partial charge in [-0.05, 0) is 6.54 Å². The Labute approximate surface area is 75.8 Å². The zero-order valence-corrected chi connectivity index (χ0v) is 7.17. The second-order valence-corrected chi connectivity index (χ2v) is 2.70. The van der Waals surface area contributed by atoms with Crippen LogP contribution in [0.3, 0.4) is 0 Å². The van der Waals surface area contributed by atoms with Gasteiger partial charge in [-0.2, -0.15) is 0 Å². The maximum Gasteiger partial charge on any atom is 0.338 e. The Morgan fingerprint density at radius 2 is 2.17 bits per heavy atom. The highest BCUT2D eigenvalue weighted by Gasteiger charge is 2.44. The minimum atomic E-state index is -1.95. The van der Waals surface area contributed by atoms with Gasteiger partial charge in [0.1, 0.15) is 6.10 Å². The molecule has 0 aliphatic carbocycles. The number of aliphatic hydroxyl groups excluding tert-OH is 1. The lowest BCUT2D eigenvalue weighted by Gasteiger charge is -2.33. The molecule has 0 aromatic rings. The number of piperidine rings is 1. The molecule has 0 bridgehead atoms. The maximum absolute atomic E-state index is 10.4. The van der Waals surface area contributed by atoms with Gasteiger partial charge in [0, 0.05) is 13.0 Å². The van der Waals surface area contributed by atoms with Gasteiger partial charge in [-0.15, -0.1) is 12.4 Å². The lowest BCUT2D eigenvalue weighted by molar-refractivity contribution is -0.175. The third kappa shape index (κ3) is 1.87. The average molecular weight is 198 g/mol. The van der Waals surface area contributed by atoms with Crippen LogP contribution < -0.4 is 5.32 Å². The van der Waals surface area contributed by atoms with Crippen molar-refractivity contribution in [3.63, 3.8) is 0 Å². The number of carbonyl (C=O) groups is 1. The molecular weight excluding hydrogens is 186 g/mol. The summed E-state index contributed by atoms with van der Waals surface area (Å²) < 4.78 is 0. The van der Waals surface area contributed by atoms with E-state index in [0.717, 1.165) is 0 Å². The molecule has 1 aliphatic heterocycles. The molecule has 12 heavy (non-hydrogen) atoms. The molecule has 4 N–H and O–H groups in total. The minimum Gasteiger partial charge on any atom is -0.479 e. The quantitative estimate of drug-likeness (QED) is 0.414. The number of halogens is 1. The van der Waals surface area contributed by atoms with Gasteiger partial charge >= 0.3 is 5.97 Å². The molecule has 1 aliphatic rings. The van der Waals surface area contributed by atoms with E-state index in [1.54, 1.807) is 0 Å². The van der Waals surface area contributed by atoms with E-state index in [4.69, 9.17) is 10.2 Å². The van der Waals surface area contributed by atoms with E-state index in [2.05, 4.69) is 5.32 Å². The van der Waals surface area contributed by atoms with Crippen LogP contribution in [0.25, 0.3) is 0 Å². The van der Waals surface area contributed by atoms with E-state index in [0.29, 0.717) is 6.54 Å². The number of hydrogen-bond acceptors (Lipinski definition) is 4. The van der Waals surface area contributed by atoms with Crippen LogP contribution in [0.2, 0.25) is 0 Å². The van der Waals surface area contributed by atoms with Gasteiger partial charge in [-0.1, -0.05) is 0 Å². The summed E-state index contributed by atoms with van der Waals surface area (Å²) in [7, 11) is 0. The summed E-state index contributed by atoms with van der Waals surface area (Å²) in [6.07, 6.45) is -1.17. The lowest BCUT2D eigenvalue weighted by Crippen LogP contribution is -2.58. The topological polar surface area (TPSA) is 89.8 Å². The van der Waals surface area contributed by atoms with Gasteiger partial charge in [-0.3, -0.25) is 0 Å². The summed E-state index contributed by atoms with van der Waals surface area (Å²) >= 11 is 0. The van der Waals surface area contributed by atoms with Crippen molar-refractivity contribution >= 4 is 18.4 Å². The molecule has 72 valence electrons. The number of aliphatic carboxylic acids is 1. The van der Waals surface area contributed by atoms with E-state index in [-0.39, 0.29) is 25.4 Å². The second-order valence-electron chi connectivity index (χ2n) is 2.70. The first kappa shape index (κ1) is 11.6. The van der Waals surface area contributed by atoms with E-state index in [1.807, 2.05) is 0 Å². The molecule has 6 heteroatoms. The van der Waals surface area contributed by atoms with Gasteiger partial charge in [-0.25, -0.2) is 4.79 Å². The SMILES string of the molecule is Cl.O=C(O)[C@]1(O)CCNC[C@H]1O. The Kier molecular flexibility index (Phi) is 3.92. The highest BCUT2D eigenvalue weighted by atomic mass is 35.5. The summed E-state index contributed by atoms with van der Waals surface area (Å²) in [6.45, 7) is 0.544. The maximum atomic E-state index is 10.4. The lowest BCUT2D eigenvalue weighted by atomic mass is 9.90. The number of hydrogen-bond donors (Lipinski definition) is 4. The summed E-state index contributed by atoms with van der Waals surface area (Å²) in [5.74, 6) is -1.36. The summed E-state index contributed by atoms with van der Waals surface area (Å²) in [5, 5.41) is 29.7. The van der Waals surface area contributed by atoms with Crippen LogP contribution in [0.15, 0.2) is 0 Å². The molecule has 0 aromatic carbocycles. The fraction of sp³-hybridized carbons (Fsp3) is 0.833. The number of aliphatic hydroxyl groups is 2. The van der Waals surface area contributed by atoms with E-state index < -0.39 is 17.7 Å². The molecule has 1 saturated heterocycles. The van der Waals surface area contributed by atoms with E-state index >= 15 is 0 Å². The molecule has 0 radical (unpaired) electrons. The zero-order valence-electron chi connectivity index (χ0n) is 6.36. The standard InChI is InChI=1S/C6H11NO4.ClH/c8-4-3-7-2-1-6(4,11)5(9)10;/h4,7-8,11H,1-3H2,(H,9,10);1H/t4-,6+;/m1./s1. The number of carboxylic acids is 1. The Hall–Kier alpha value is -0.360. The molecule has 0 spiro atoms. The van der Waals surface area contributed by atoms with Gasteiger partial charge in [0.05, 0.1) is 0 Å². The largest absolute Gasteiger partial charge is 0.479 e. The van der Waals surface area contributed by atoms with Crippen molar-refractivity contribution in [2.24, 2.45) is 0 Å². The predicted octanol–water partition coefficient (Wildman–Crippen LogP) is -1.42. The predicted molar refractivity (Wildman–Crippen MR) is 43.3 cm³/mol. The smallest absolute Gasteiger partial charge is 0.338 e. The van der Waals surface area contributed by atoms with Crippen molar-refractivity contribution in [1.29, 1.82) is 0 Å². The van der Waals surface area contributed by atoms with Crippen LogP contribution in [0.4, 0.5) is 0 Å². The van der Waals surface area contributed by atoms with Crippen molar-refractivity contribution in [2.75, 3.05) is 13.1 Å². The highest BCUT2D eigenvalue weighted by molar-refractivity contribution is 5.85. The third-order valence-corrected chi connectivity index (χ3v) is 1.94. The van der Waals surface area contributed by atoms with Crippen molar-refractivity contribution in [1.82, 2.24) is 5.32 Å². The normalized spacial score (nSPS) is 35.3. The van der Waals surface area contributed by atoms with Gasteiger partial charge < -0.3 is 20.6 Å². The van der Waals surface area contributed by atoms with Crippen molar-refractivity contribution < 1.29 is 20.1 Å². The first-order chi connectivity index (χ1) is 5.07. The summed E-state index contributed by atoms with van der Waals surface area (Å²) in [6, 6.07) is 0. The van der Waals surface area contributed by atoms with E-state index in [9.17, 15) is 9.90 Å². The number of β-amino-alcohol motifs (C(OH)–C–C–N with tert-alkyl or cyclic N) is 1. The molecule has 2 atom stereocenters. The van der Waals surface area contributed by atoms with Crippen LogP contribution in [0.5, 0.6) is 0 Å². The number of carboxylic acid groups (broad SMARTS) is 1. The van der Waals surface area contributed by atoms with Crippen LogP contribution >= 0.6 is 12.4 Å². The molecule has 0 unspecified atom stereocenters. The fourth-order valence-corrected chi connectivity index (χ4v) is 1.10. The second kappa shape index (κ2) is 4.04. The zero-order chi connectivity index (χ0) is 8.48. The first-order valence-corrected chi connectivity index (χ1v) is 3.42. The monoisotopic (exact) mass is 197 g/mol. The molecular formula is C6H12ClNO4. The molecule has 5 nitrogen and oxygen atoms in total. The number of rotatable bonds is 1. The van der Waals surface area contributed by atoms with E-state index in [1.165, 1.54) is 0 Å². The van der Waals surface area contributed by atoms with Crippen LogP contribution in [-0.4, -0.2) is 46.1 Å². The van der Waals surface area contributed by atoms with Gasteiger partial charge in [0.25, 0.3) is 0 Å². The Morgan fingerprint density at radius 3 is 2.50 bits per heavy atom. The summed E-state index contributed by atoms with van der Waals surface area (Å²) in [5.41, 5.74) is -1.95. The Balaban J connectivity index is 0.00000121. The highest BCUT2D eigenvalue weighted by Crippen LogP contribution is 2.18. The molecule has 1 heterocycles. The Morgan fingerprint density at radius 1 is 1.58 bits per heavy atom. The van der Waals surface area contributed by atoms with Crippen LogP contribution in [-0.2, 0) is 4.79 Å². The first-order valence-electron chi connectivity index (χ1n) is 3.42. The summed E-state index contributed by atoms with van der Waals surface area (Å²) in [4.78, 5) is 10.4. The van der Waals surface area contributed by atoms with Gasteiger partial charge in [0.2, 0.25) is 0 Å². The average Bonchev–Trinajstić information content (AvgIpc) is 1.95. The molecule has 0 aromatic heterocycles. The van der Waals surface area contributed by atoms with Crippen molar-refractivity contribution in [3.8, 4) is 0 Å². The van der Waals surface area contributed by atoms with Gasteiger partial charge in [0.15, 0.2) is 5.60 Å². The number of nitrogens with one attached hydrogen (secondary N) is 1. The molecule has 0 amide bonds. The molecule has 0 saturated carbocycles. The molecule has 1 fully saturated rings. The van der Waals surface area contributed by atoms with Crippen molar-refractivity contribution in [3.05, 3.63) is 0 Å². The van der Waals surface area contributed by atoms with Crippen LogP contribution in [0, 0.1) is 0 Å². The fourth-order valence-electron chi connectivity index (χ4n) is 1.10. The van der Waals surface area contributed by atoms with Crippen LogP contribution in [0.1, 0.15) is 6.42 Å². The molecule has 1 rings (SSSR count). The van der Waals surface area contributed by atoms with Crippen molar-refractivity contribution in [2.45, 2.75) is 18.1 Å². The minimum absolute atomic E-state index is 0.